The first-order valence-corrected chi connectivity index (χ1v) is 6.82. The van der Waals surface area contributed by atoms with Crippen LogP contribution in [0.2, 0.25) is 0 Å². The first-order valence-electron chi connectivity index (χ1n) is 6.82. The Labute approximate surface area is 123 Å². The molecule has 1 aromatic carbocycles. The Morgan fingerprint density at radius 2 is 2.10 bits per heavy atom. The number of hydrogen-bond donors (Lipinski definition) is 2. The van der Waals surface area contributed by atoms with E-state index in [1.54, 1.807) is 6.07 Å². The molecule has 0 spiro atoms. The van der Waals surface area contributed by atoms with Gasteiger partial charge in [0, 0.05) is 30.3 Å². The van der Waals surface area contributed by atoms with E-state index in [1.807, 2.05) is 11.9 Å². The van der Waals surface area contributed by atoms with Crippen molar-refractivity contribution in [2.24, 2.45) is 5.73 Å². The molecule has 0 radical (unpaired) electrons. The number of carbonyl (C=O) groups excluding carboxylic acids is 1. The van der Waals surface area contributed by atoms with Crippen LogP contribution in [0, 0.1) is 10.1 Å². The summed E-state index contributed by atoms with van der Waals surface area (Å²) in [5.41, 5.74) is 5.73. The second-order valence-corrected chi connectivity index (χ2v) is 4.99. The number of nitrogens with two attached hydrogens (primary N) is 1. The van der Waals surface area contributed by atoms with Gasteiger partial charge in [-0.05, 0) is 38.9 Å². The van der Waals surface area contributed by atoms with Gasteiger partial charge in [0.2, 0.25) is 5.91 Å². The molecule has 116 valence electrons. The highest BCUT2D eigenvalue weighted by molar-refractivity contribution is 5.93. The van der Waals surface area contributed by atoms with Crippen LogP contribution in [-0.4, -0.2) is 41.0 Å². The molecule has 0 saturated carbocycles. The third-order valence-electron chi connectivity index (χ3n) is 3.20. The summed E-state index contributed by atoms with van der Waals surface area (Å²) in [4.78, 5) is 23.6. The number of unbranched alkanes of at least 4 members (excludes halogenated alkanes) is 2. The monoisotopic (exact) mass is 295 g/mol. The van der Waals surface area contributed by atoms with Gasteiger partial charge in [0.25, 0.3) is 5.69 Å². The maximum Gasteiger partial charge on any atom is 0.274 e. The summed E-state index contributed by atoms with van der Waals surface area (Å²) in [5.74, 6) is -0.679. The van der Waals surface area contributed by atoms with E-state index in [2.05, 4.69) is 0 Å². The highest BCUT2D eigenvalue weighted by Crippen LogP contribution is 2.21. The lowest BCUT2D eigenvalue weighted by molar-refractivity contribution is -0.385. The largest absolute Gasteiger partial charge is 0.396 e. The minimum atomic E-state index is -0.679. The van der Waals surface area contributed by atoms with Crippen LogP contribution in [-0.2, 0) is 6.54 Å². The SMILES string of the molecule is CN(CCCCCO)Cc1ccc(C(N)=O)cc1[N+](=O)[O-]. The molecule has 0 fully saturated rings. The van der Waals surface area contributed by atoms with E-state index < -0.39 is 10.8 Å². The van der Waals surface area contributed by atoms with Crippen molar-refractivity contribution in [1.82, 2.24) is 4.90 Å². The fourth-order valence-corrected chi connectivity index (χ4v) is 2.06. The smallest absolute Gasteiger partial charge is 0.274 e. The average Bonchev–Trinajstić information content (AvgIpc) is 2.43. The van der Waals surface area contributed by atoms with Gasteiger partial charge < -0.3 is 15.7 Å². The van der Waals surface area contributed by atoms with E-state index in [4.69, 9.17) is 10.8 Å². The molecule has 0 bridgehead atoms. The number of nitro groups is 1. The molecule has 0 aliphatic heterocycles. The number of carbonyl (C=O) groups is 1. The second-order valence-electron chi connectivity index (χ2n) is 4.99. The lowest BCUT2D eigenvalue weighted by Crippen LogP contribution is -2.20. The molecule has 3 N–H and O–H groups in total. The molecule has 0 saturated heterocycles. The molecule has 0 atom stereocenters. The number of rotatable bonds is 9. The van der Waals surface area contributed by atoms with Crippen molar-refractivity contribution < 1.29 is 14.8 Å². The van der Waals surface area contributed by atoms with E-state index >= 15 is 0 Å². The fraction of sp³-hybridized carbons (Fsp3) is 0.500. The molecule has 0 heterocycles. The van der Waals surface area contributed by atoms with Gasteiger partial charge in [-0.3, -0.25) is 14.9 Å². The highest BCUT2D eigenvalue weighted by Gasteiger charge is 2.17. The van der Waals surface area contributed by atoms with Crippen LogP contribution in [0.1, 0.15) is 35.2 Å². The van der Waals surface area contributed by atoms with E-state index in [9.17, 15) is 14.9 Å². The number of aliphatic hydroxyl groups is 1. The van der Waals surface area contributed by atoms with Crippen molar-refractivity contribution in [3.8, 4) is 0 Å². The summed E-state index contributed by atoms with van der Waals surface area (Å²) in [6.45, 7) is 1.40. The van der Waals surface area contributed by atoms with Gasteiger partial charge in [0.1, 0.15) is 0 Å². The molecule has 0 unspecified atom stereocenters. The fourth-order valence-electron chi connectivity index (χ4n) is 2.06. The molecule has 7 heteroatoms. The zero-order chi connectivity index (χ0) is 15.8. The van der Waals surface area contributed by atoms with Gasteiger partial charge in [-0.15, -0.1) is 0 Å². The Balaban J connectivity index is 2.73. The standard InChI is InChI=1S/C14H21N3O4/c1-16(7-3-2-4-8-18)10-12-6-5-11(14(15)19)9-13(12)17(20)21/h5-6,9,18H,2-4,7-8,10H2,1H3,(H2,15,19). The predicted molar refractivity (Wildman–Crippen MR) is 78.9 cm³/mol. The van der Waals surface area contributed by atoms with Gasteiger partial charge >= 0.3 is 0 Å². The Kier molecular flexibility index (Phi) is 6.77. The minimum Gasteiger partial charge on any atom is -0.396 e. The Bertz CT molecular complexity index is 505. The summed E-state index contributed by atoms with van der Waals surface area (Å²) < 4.78 is 0. The molecule has 0 aliphatic rings. The van der Waals surface area contributed by atoms with Crippen molar-refractivity contribution in [2.75, 3.05) is 20.2 Å². The van der Waals surface area contributed by atoms with Crippen LogP contribution in [0.15, 0.2) is 18.2 Å². The predicted octanol–water partition coefficient (Wildman–Crippen LogP) is 1.29. The minimum absolute atomic E-state index is 0.0893. The lowest BCUT2D eigenvalue weighted by Gasteiger charge is -2.16. The molecule has 1 amide bonds. The van der Waals surface area contributed by atoms with Gasteiger partial charge in [-0.1, -0.05) is 6.07 Å². The van der Waals surface area contributed by atoms with Gasteiger partial charge in [-0.25, -0.2) is 0 Å². The number of benzene rings is 1. The Morgan fingerprint density at radius 3 is 2.67 bits per heavy atom. The Morgan fingerprint density at radius 1 is 1.38 bits per heavy atom. The lowest BCUT2D eigenvalue weighted by atomic mass is 10.1. The molecule has 0 aromatic heterocycles. The molecule has 7 nitrogen and oxygen atoms in total. The van der Waals surface area contributed by atoms with Crippen molar-refractivity contribution in [3.05, 3.63) is 39.4 Å². The first kappa shape index (κ1) is 17.1. The van der Waals surface area contributed by atoms with Crippen LogP contribution in [0.4, 0.5) is 5.69 Å². The molecule has 21 heavy (non-hydrogen) atoms. The molecule has 0 aliphatic carbocycles. The molecule has 1 rings (SSSR count). The van der Waals surface area contributed by atoms with Crippen molar-refractivity contribution in [3.63, 3.8) is 0 Å². The normalized spacial score (nSPS) is 10.8. The summed E-state index contributed by atoms with van der Waals surface area (Å²) in [7, 11) is 1.88. The number of nitrogens with zero attached hydrogens (tertiary/aromatic N) is 2. The third-order valence-corrected chi connectivity index (χ3v) is 3.20. The summed E-state index contributed by atoms with van der Waals surface area (Å²) in [6, 6.07) is 4.30. The highest BCUT2D eigenvalue weighted by atomic mass is 16.6. The van der Waals surface area contributed by atoms with E-state index in [1.165, 1.54) is 12.1 Å². The van der Waals surface area contributed by atoms with Crippen LogP contribution in [0.5, 0.6) is 0 Å². The van der Waals surface area contributed by atoms with Crippen LogP contribution in [0.25, 0.3) is 0 Å². The number of amides is 1. The zero-order valence-corrected chi connectivity index (χ0v) is 12.1. The van der Waals surface area contributed by atoms with Crippen LogP contribution < -0.4 is 5.73 Å². The average molecular weight is 295 g/mol. The van der Waals surface area contributed by atoms with E-state index in [-0.39, 0.29) is 17.9 Å². The Hall–Kier alpha value is -1.99. The van der Waals surface area contributed by atoms with Crippen molar-refractivity contribution in [2.45, 2.75) is 25.8 Å². The summed E-state index contributed by atoms with van der Waals surface area (Å²) in [6.07, 6.45) is 2.61. The van der Waals surface area contributed by atoms with Crippen LogP contribution >= 0.6 is 0 Å². The molecular weight excluding hydrogens is 274 g/mol. The topological polar surface area (TPSA) is 110 Å². The van der Waals surface area contributed by atoms with Crippen molar-refractivity contribution >= 4 is 11.6 Å². The number of hydrogen-bond acceptors (Lipinski definition) is 5. The zero-order valence-electron chi connectivity index (χ0n) is 12.1. The third kappa shape index (κ3) is 5.49. The maximum atomic E-state index is 11.1. The van der Waals surface area contributed by atoms with Gasteiger partial charge in [0.05, 0.1) is 4.92 Å². The molecule has 1 aromatic rings. The summed E-state index contributed by atoms with van der Waals surface area (Å²) in [5, 5.41) is 19.8. The quantitative estimate of drug-likeness (QED) is 0.405. The maximum absolute atomic E-state index is 11.1. The summed E-state index contributed by atoms with van der Waals surface area (Å²) >= 11 is 0. The molecular formula is C14H21N3O4. The van der Waals surface area contributed by atoms with Crippen LogP contribution in [0.3, 0.4) is 0 Å². The van der Waals surface area contributed by atoms with Gasteiger partial charge in [-0.2, -0.15) is 0 Å². The second kappa shape index (κ2) is 8.33. The van der Waals surface area contributed by atoms with Crippen molar-refractivity contribution in [1.29, 1.82) is 0 Å². The van der Waals surface area contributed by atoms with E-state index in [0.717, 1.165) is 25.8 Å². The first-order chi connectivity index (χ1) is 9.95. The van der Waals surface area contributed by atoms with Gasteiger partial charge in [0.15, 0.2) is 0 Å². The number of nitro benzene ring substituents is 1. The van der Waals surface area contributed by atoms with E-state index in [0.29, 0.717) is 12.1 Å². The number of primary amides is 1. The number of aliphatic hydroxyl groups excluding tert-OH is 1.